The van der Waals surface area contributed by atoms with E-state index in [-0.39, 0.29) is 17.3 Å². The van der Waals surface area contributed by atoms with E-state index in [0.717, 1.165) is 5.56 Å². The van der Waals surface area contributed by atoms with E-state index >= 15 is 0 Å². The average molecular weight is 203 g/mol. The summed E-state index contributed by atoms with van der Waals surface area (Å²) in [5.41, 5.74) is 0.723. The van der Waals surface area contributed by atoms with Gasteiger partial charge in [0.15, 0.2) is 11.5 Å². The minimum Gasteiger partial charge on any atom is -0.508 e. The molecule has 0 fully saturated rings. The summed E-state index contributed by atoms with van der Waals surface area (Å²) in [6.07, 6.45) is 1.39. The third-order valence-electron chi connectivity index (χ3n) is 1.97. The van der Waals surface area contributed by atoms with Crippen molar-refractivity contribution in [3.05, 3.63) is 36.2 Å². The SMILES string of the molecule is CC(=O)c1cnc(-c2ccc(O)cc2)o1. The predicted octanol–water partition coefficient (Wildman–Crippen LogP) is 2.25. The van der Waals surface area contributed by atoms with E-state index in [9.17, 15) is 4.79 Å². The van der Waals surface area contributed by atoms with Crippen molar-refractivity contribution in [1.82, 2.24) is 4.98 Å². The number of carbonyl (C=O) groups is 1. The van der Waals surface area contributed by atoms with Crippen LogP contribution < -0.4 is 0 Å². The number of hydrogen-bond acceptors (Lipinski definition) is 4. The first-order chi connectivity index (χ1) is 7.16. The van der Waals surface area contributed by atoms with Crippen LogP contribution in [0, 0.1) is 0 Å². The minimum atomic E-state index is -0.160. The zero-order valence-corrected chi connectivity index (χ0v) is 8.10. The summed E-state index contributed by atoms with van der Waals surface area (Å²) < 4.78 is 5.23. The van der Waals surface area contributed by atoms with Crippen molar-refractivity contribution >= 4 is 5.78 Å². The number of ketones is 1. The second-order valence-corrected chi connectivity index (χ2v) is 3.13. The lowest BCUT2D eigenvalue weighted by molar-refractivity contribution is 0.0988. The number of carbonyl (C=O) groups excluding carboxylic acids is 1. The van der Waals surface area contributed by atoms with E-state index in [1.807, 2.05) is 0 Å². The molecule has 4 heteroatoms. The van der Waals surface area contributed by atoms with Crippen LogP contribution in [0.5, 0.6) is 5.75 Å². The molecule has 0 bridgehead atoms. The maximum absolute atomic E-state index is 11.0. The van der Waals surface area contributed by atoms with E-state index in [4.69, 9.17) is 9.52 Å². The summed E-state index contributed by atoms with van der Waals surface area (Å²) in [5, 5.41) is 9.09. The molecular formula is C11H9NO3. The van der Waals surface area contributed by atoms with Gasteiger partial charge in [0.05, 0.1) is 6.20 Å². The van der Waals surface area contributed by atoms with Gasteiger partial charge in [-0.05, 0) is 24.3 Å². The zero-order valence-electron chi connectivity index (χ0n) is 8.10. The summed E-state index contributed by atoms with van der Waals surface area (Å²) in [6, 6.07) is 6.41. The average Bonchev–Trinajstić information content (AvgIpc) is 2.68. The van der Waals surface area contributed by atoms with Gasteiger partial charge in [0.1, 0.15) is 5.75 Å². The second kappa shape index (κ2) is 3.57. The Bertz CT molecular complexity index is 485. The molecule has 1 aromatic heterocycles. The topological polar surface area (TPSA) is 63.3 Å². The van der Waals surface area contributed by atoms with Crippen molar-refractivity contribution in [2.24, 2.45) is 0 Å². The summed E-state index contributed by atoms with van der Waals surface area (Å²) in [7, 11) is 0. The molecule has 0 aliphatic rings. The van der Waals surface area contributed by atoms with E-state index in [1.165, 1.54) is 25.3 Å². The van der Waals surface area contributed by atoms with Crippen molar-refractivity contribution in [2.45, 2.75) is 6.92 Å². The van der Waals surface area contributed by atoms with Gasteiger partial charge in [0.25, 0.3) is 0 Å². The van der Waals surface area contributed by atoms with Gasteiger partial charge in [-0.15, -0.1) is 0 Å². The number of Topliss-reactive ketones (excluding diaryl/α,β-unsaturated/α-hetero) is 1. The molecule has 4 nitrogen and oxygen atoms in total. The molecule has 1 aromatic carbocycles. The van der Waals surface area contributed by atoms with Crippen molar-refractivity contribution in [2.75, 3.05) is 0 Å². The fraction of sp³-hybridized carbons (Fsp3) is 0.0909. The van der Waals surface area contributed by atoms with Crippen molar-refractivity contribution < 1.29 is 14.3 Å². The molecule has 2 rings (SSSR count). The molecule has 0 saturated heterocycles. The van der Waals surface area contributed by atoms with E-state index in [0.29, 0.717) is 5.89 Å². The first-order valence-corrected chi connectivity index (χ1v) is 4.43. The number of aromatic hydroxyl groups is 1. The van der Waals surface area contributed by atoms with Crippen LogP contribution in [0.1, 0.15) is 17.5 Å². The molecule has 1 heterocycles. The summed E-state index contributed by atoms with van der Waals surface area (Å²) in [5.74, 6) is 0.628. The molecule has 0 spiro atoms. The number of hydrogen-bond donors (Lipinski definition) is 1. The number of benzene rings is 1. The Kier molecular flexibility index (Phi) is 2.25. The molecule has 1 N–H and O–H groups in total. The fourth-order valence-electron chi connectivity index (χ4n) is 1.17. The lowest BCUT2D eigenvalue weighted by Gasteiger charge is -1.95. The molecule has 0 unspecified atom stereocenters. The molecule has 2 aromatic rings. The maximum Gasteiger partial charge on any atom is 0.226 e. The Balaban J connectivity index is 2.37. The molecule has 0 saturated carbocycles. The largest absolute Gasteiger partial charge is 0.508 e. The van der Waals surface area contributed by atoms with Gasteiger partial charge in [-0.25, -0.2) is 4.98 Å². The zero-order chi connectivity index (χ0) is 10.8. The van der Waals surface area contributed by atoms with Crippen LogP contribution >= 0.6 is 0 Å². The van der Waals surface area contributed by atoms with Crippen molar-refractivity contribution in [3.63, 3.8) is 0 Å². The highest BCUT2D eigenvalue weighted by molar-refractivity contribution is 5.91. The smallest absolute Gasteiger partial charge is 0.226 e. The Morgan fingerprint density at radius 3 is 2.53 bits per heavy atom. The normalized spacial score (nSPS) is 10.2. The molecular weight excluding hydrogens is 194 g/mol. The van der Waals surface area contributed by atoms with E-state index in [2.05, 4.69) is 4.98 Å². The number of phenols is 1. The van der Waals surface area contributed by atoms with E-state index < -0.39 is 0 Å². The van der Waals surface area contributed by atoms with Gasteiger partial charge in [-0.3, -0.25) is 4.79 Å². The Morgan fingerprint density at radius 1 is 1.33 bits per heavy atom. The van der Waals surface area contributed by atoms with Crippen LogP contribution in [0.4, 0.5) is 0 Å². The monoisotopic (exact) mass is 203 g/mol. The number of phenolic OH excluding ortho intramolecular Hbond substituents is 1. The highest BCUT2D eigenvalue weighted by Gasteiger charge is 2.09. The third kappa shape index (κ3) is 1.88. The number of rotatable bonds is 2. The highest BCUT2D eigenvalue weighted by Crippen LogP contribution is 2.21. The molecule has 0 atom stereocenters. The van der Waals surface area contributed by atoms with Gasteiger partial charge in [-0.2, -0.15) is 0 Å². The van der Waals surface area contributed by atoms with Crippen LogP contribution in [0.15, 0.2) is 34.9 Å². The Labute approximate surface area is 86.2 Å². The summed E-state index contributed by atoms with van der Waals surface area (Å²) >= 11 is 0. The highest BCUT2D eigenvalue weighted by atomic mass is 16.4. The number of oxazole rings is 1. The first-order valence-electron chi connectivity index (χ1n) is 4.43. The number of aromatic nitrogens is 1. The van der Waals surface area contributed by atoms with Crippen molar-refractivity contribution in [1.29, 1.82) is 0 Å². The molecule has 0 aliphatic heterocycles. The molecule has 0 aliphatic carbocycles. The van der Waals surface area contributed by atoms with Gasteiger partial charge >= 0.3 is 0 Å². The van der Waals surface area contributed by atoms with Crippen LogP contribution in [0.25, 0.3) is 11.5 Å². The summed E-state index contributed by atoms with van der Waals surface area (Å²) in [6.45, 7) is 1.42. The van der Waals surface area contributed by atoms with Crippen molar-refractivity contribution in [3.8, 4) is 17.2 Å². The van der Waals surface area contributed by atoms with Gasteiger partial charge in [0, 0.05) is 12.5 Å². The second-order valence-electron chi connectivity index (χ2n) is 3.13. The van der Waals surface area contributed by atoms with Crippen LogP contribution in [0.3, 0.4) is 0 Å². The molecule has 0 radical (unpaired) electrons. The first kappa shape index (κ1) is 9.45. The van der Waals surface area contributed by atoms with Crippen LogP contribution in [0.2, 0.25) is 0 Å². The van der Waals surface area contributed by atoms with Crippen LogP contribution in [-0.4, -0.2) is 15.9 Å². The van der Waals surface area contributed by atoms with Gasteiger partial charge in [0.2, 0.25) is 5.89 Å². The van der Waals surface area contributed by atoms with E-state index in [1.54, 1.807) is 12.1 Å². The van der Waals surface area contributed by atoms with Crippen LogP contribution in [-0.2, 0) is 0 Å². The van der Waals surface area contributed by atoms with Gasteiger partial charge < -0.3 is 9.52 Å². The minimum absolute atomic E-state index is 0.160. The molecule has 15 heavy (non-hydrogen) atoms. The Hall–Kier alpha value is -2.10. The molecule has 76 valence electrons. The molecule has 0 amide bonds. The number of nitrogens with zero attached hydrogens (tertiary/aromatic N) is 1. The predicted molar refractivity (Wildman–Crippen MR) is 53.6 cm³/mol. The lowest BCUT2D eigenvalue weighted by atomic mass is 10.2. The quantitative estimate of drug-likeness (QED) is 0.760. The lowest BCUT2D eigenvalue weighted by Crippen LogP contribution is -1.86. The Morgan fingerprint density at radius 2 is 2.00 bits per heavy atom. The third-order valence-corrected chi connectivity index (χ3v) is 1.97. The standard InChI is InChI=1S/C11H9NO3/c1-7(13)10-6-12-11(15-10)8-2-4-9(14)5-3-8/h2-6,14H,1H3. The maximum atomic E-state index is 11.0. The fourth-order valence-corrected chi connectivity index (χ4v) is 1.17. The summed E-state index contributed by atoms with van der Waals surface area (Å²) in [4.78, 5) is 14.9. The van der Waals surface area contributed by atoms with Gasteiger partial charge in [-0.1, -0.05) is 0 Å².